The second kappa shape index (κ2) is 7.63. The maximum Gasteiger partial charge on any atom is 0.253 e. The van der Waals surface area contributed by atoms with E-state index in [0.717, 1.165) is 42.0 Å². The van der Waals surface area contributed by atoms with E-state index < -0.39 is 0 Å². The van der Waals surface area contributed by atoms with E-state index in [9.17, 15) is 9.90 Å². The third kappa shape index (κ3) is 3.56. The summed E-state index contributed by atoms with van der Waals surface area (Å²) in [4.78, 5) is 30.7. The van der Waals surface area contributed by atoms with Crippen molar-refractivity contribution in [2.24, 2.45) is 0 Å². The maximum atomic E-state index is 12.8. The quantitative estimate of drug-likeness (QED) is 0.629. The van der Waals surface area contributed by atoms with Gasteiger partial charge in [0.1, 0.15) is 0 Å². The molecule has 0 unspecified atom stereocenters. The van der Waals surface area contributed by atoms with E-state index in [0.29, 0.717) is 24.0 Å². The lowest BCUT2D eigenvalue weighted by Gasteiger charge is -2.19. The maximum absolute atomic E-state index is 12.8. The number of hydrogen-bond donors (Lipinski definition) is 1. The van der Waals surface area contributed by atoms with Gasteiger partial charge in [0.05, 0.1) is 12.3 Å². The van der Waals surface area contributed by atoms with Crippen LogP contribution in [0, 0.1) is 0 Å². The summed E-state index contributed by atoms with van der Waals surface area (Å²) in [5, 5.41) is 9.18. The number of hydrogen-bond acceptors (Lipinski definition) is 6. The van der Waals surface area contributed by atoms with Crippen molar-refractivity contribution in [3.05, 3.63) is 65.6 Å². The molecule has 7 nitrogen and oxygen atoms in total. The summed E-state index contributed by atoms with van der Waals surface area (Å²) >= 11 is 0. The van der Waals surface area contributed by atoms with Crippen LogP contribution in [0.25, 0.3) is 11.3 Å². The zero-order valence-electron chi connectivity index (χ0n) is 18.7. The minimum Gasteiger partial charge on any atom is -0.395 e. The van der Waals surface area contributed by atoms with Crippen LogP contribution in [-0.4, -0.2) is 57.6 Å². The van der Waals surface area contributed by atoms with E-state index in [1.165, 1.54) is 18.4 Å². The van der Waals surface area contributed by atoms with Crippen LogP contribution in [-0.2, 0) is 5.41 Å². The fourth-order valence-electron chi connectivity index (χ4n) is 4.85. The topological polar surface area (TPSA) is 82.5 Å². The molecule has 3 heterocycles. The fraction of sp³-hybridized carbons (Fsp3) is 0.385. The van der Waals surface area contributed by atoms with Crippen LogP contribution in [0.3, 0.4) is 0 Å². The van der Waals surface area contributed by atoms with Crippen LogP contribution in [0.1, 0.15) is 53.2 Å². The van der Waals surface area contributed by atoms with Gasteiger partial charge in [-0.05, 0) is 55.5 Å². The van der Waals surface area contributed by atoms with Crippen LogP contribution in [0.2, 0.25) is 0 Å². The summed E-state index contributed by atoms with van der Waals surface area (Å²) in [5.41, 5.74) is 6.03. The van der Waals surface area contributed by atoms with Gasteiger partial charge in [0.25, 0.3) is 5.91 Å². The van der Waals surface area contributed by atoms with Crippen molar-refractivity contribution in [3.63, 3.8) is 0 Å². The number of aliphatic hydroxyl groups is 1. The molecule has 0 atom stereocenters. The molecule has 6 rings (SSSR count). The van der Waals surface area contributed by atoms with Crippen molar-refractivity contribution in [1.29, 1.82) is 0 Å². The number of nitrogens with zero attached hydrogens (tertiary/aromatic N) is 5. The summed E-state index contributed by atoms with van der Waals surface area (Å²) in [6, 6.07) is 12.1. The molecule has 33 heavy (non-hydrogen) atoms. The first-order valence-corrected chi connectivity index (χ1v) is 11.7. The van der Waals surface area contributed by atoms with Gasteiger partial charge in [-0.2, -0.15) is 0 Å². The zero-order valence-corrected chi connectivity index (χ0v) is 18.7. The predicted octanol–water partition coefficient (Wildman–Crippen LogP) is 3.66. The highest BCUT2D eigenvalue weighted by Gasteiger charge is 2.52. The molecule has 2 saturated carbocycles. The van der Waals surface area contributed by atoms with E-state index in [2.05, 4.69) is 23.1 Å². The molecule has 1 N–H and O–H groups in total. The third-order valence-electron chi connectivity index (χ3n) is 7.14. The second-order valence-electron chi connectivity index (χ2n) is 9.54. The largest absolute Gasteiger partial charge is 0.395 e. The first kappa shape index (κ1) is 20.3. The van der Waals surface area contributed by atoms with E-state index in [1.807, 2.05) is 30.6 Å². The van der Waals surface area contributed by atoms with Gasteiger partial charge in [-0.15, -0.1) is 0 Å². The SMILES string of the molecule is CN(CCO)C(=O)c1ccc2c(c1)N(c1ncc(-c3cccc(C4CC4)n3)cn1)CC21CC1. The molecule has 7 heteroatoms. The summed E-state index contributed by atoms with van der Waals surface area (Å²) in [5.74, 6) is 1.16. The number of likely N-dealkylation sites (N-methyl/N-ethyl adjacent to an activating group) is 1. The fourth-order valence-corrected chi connectivity index (χ4v) is 4.85. The van der Waals surface area contributed by atoms with Gasteiger partial charge in [-0.25, -0.2) is 9.97 Å². The lowest BCUT2D eigenvalue weighted by Crippen LogP contribution is -2.29. The Labute approximate surface area is 193 Å². The normalized spacial score (nSPS) is 17.8. The molecule has 0 saturated heterocycles. The van der Waals surface area contributed by atoms with Gasteiger partial charge in [-0.1, -0.05) is 12.1 Å². The molecule has 0 bridgehead atoms. The Morgan fingerprint density at radius 1 is 1.18 bits per heavy atom. The number of amides is 1. The molecule has 1 spiro atoms. The molecule has 0 radical (unpaired) electrons. The van der Waals surface area contributed by atoms with Crippen LogP contribution in [0.4, 0.5) is 11.6 Å². The van der Waals surface area contributed by atoms with Crippen LogP contribution in [0.5, 0.6) is 0 Å². The molecular formula is C26H27N5O2. The highest BCUT2D eigenvalue weighted by molar-refractivity contribution is 5.96. The van der Waals surface area contributed by atoms with Crippen LogP contribution < -0.4 is 4.90 Å². The number of pyridine rings is 1. The zero-order chi connectivity index (χ0) is 22.6. The molecule has 1 aromatic carbocycles. The van der Waals surface area contributed by atoms with Crippen molar-refractivity contribution in [3.8, 4) is 11.3 Å². The van der Waals surface area contributed by atoms with Gasteiger partial charge in [0, 0.05) is 66.4 Å². The summed E-state index contributed by atoms with van der Waals surface area (Å²) in [7, 11) is 1.71. The molecule has 1 aliphatic heterocycles. The Hall–Kier alpha value is -3.32. The minimum absolute atomic E-state index is 0.0545. The lowest BCUT2D eigenvalue weighted by molar-refractivity contribution is 0.0767. The molecule has 2 aromatic heterocycles. The summed E-state index contributed by atoms with van der Waals surface area (Å²) < 4.78 is 0. The van der Waals surface area contributed by atoms with Gasteiger partial charge in [0.2, 0.25) is 5.95 Å². The first-order valence-electron chi connectivity index (χ1n) is 11.7. The monoisotopic (exact) mass is 441 g/mol. The Morgan fingerprint density at radius 3 is 2.67 bits per heavy atom. The van der Waals surface area contributed by atoms with Gasteiger partial charge >= 0.3 is 0 Å². The van der Waals surface area contributed by atoms with Crippen LogP contribution >= 0.6 is 0 Å². The van der Waals surface area contributed by atoms with Crippen molar-refractivity contribution < 1.29 is 9.90 Å². The average Bonchev–Trinajstić information content (AvgIpc) is 3.77. The minimum atomic E-state index is -0.0959. The number of anilines is 2. The van der Waals surface area contributed by atoms with Gasteiger partial charge < -0.3 is 14.9 Å². The van der Waals surface area contributed by atoms with E-state index in [-0.39, 0.29) is 17.9 Å². The number of carbonyl (C=O) groups is 1. The molecule has 1 amide bonds. The number of carbonyl (C=O) groups excluding carboxylic acids is 1. The Kier molecular flexibility index (Phi) is 4.69. The van der Waals surface area contributed by atoms with Crippen molar-refractivity contribution in [2.45, 2.75) is 37.0 Å². The third-order valence-corrected chi connectivity index (χ3v) is 7.14. The highest BCUT2D eigenvalue weighted by atomic mass is 16.3. The standard InChI is InChI=1S/C26H27N5O2/c1-30(11-12-32)24(33)18-7-8-20-23(13-18)31(16-26(20)9-10-26)25-27-14-19(15-28-25)22-4-2-3-21(29-22)17-5-6-17/h2-4,7-8,13-15,17,32H,5-6,9-12,16H2,1H3. The van der Waals surface area contributed by atoms with Gasteiger partial charge in [0.15, 0.2) is 0 Å². The van der Waals surface area contributed by atoms with Crippen molar-refractivity contribution in [1.82, 2.24) is 19.9 Å². The second-order valence-corrected chi connectivity index (χ2v) is 9.54. The Morgan fingerprint density at radius 2 is 1.97 bits per heavy atom. The van der Waals surface area contributed by atoms with Crippen LogP contribution in [0.15, 0.2) is 48.8 Å². The van der Waals surface area contributed by atoms with Gasteiger partial charge in [-0.3, -0.25) is 9.78 Å². The first-order chi connectivity index (χ1) is 16.1. The number of aliphatic hydroxyl groups excluding tert-OH is 1. The van der Waals surface area contributed by atoms with Crippen molar-refractivity contribution >= 4 is 17.5 Å². The molecule has 168 valence electrons. The Balaban J connectivity index is 1.31. The number of fused-ring (bicyclic) bond motifs is 2. The molecule has 3 aromatic rings. The summed E-state index contributed by atoms with van der Waals surface area (Å²) in [6.07, 6.45) is 8.44. The smallest absolute Gasteiger partial charge is 0.253 e. The highest BCUT2D eigenvalue weighted by Crippen LogP contribution is 2.57. The summed E-state index contributed by atoms with van der Waals surface area (Å²) in [6.45, 7) is 1.09. The molecular weight excluding hydrogens is 414 g/mol. The number of aromatic nitrogens is 3. The lowest BCUT2D eigenvalue weighted by atomic mass is 9.97. The number of rotatable bonds is 6. The average molecular weight is 442 g/mol. The molecule has 2 fully saturated rings. The predicted molar refractivity (Wildman–Crippen MR) is 126 cm³/mol. The van der Waals surface area contributed by atoms with E-state index in [1.54, 1.807) is 11.9 Å². The molecule has 2 aliphatic carbocycles. The molecule has 3 aliphatic rings. The van der Waals surface area contributed by atoms with E-state index in [4.69, 9.17) is 15.0 Å². The Bertz CT molecular complexity index is 1220. The van der Waals surface area contributed by atoms with Crippen molar-refractivity contribution in [2.75, 3.05) is 31.6 Å². The number of benzene rings is 1. The van der Waals surface area contributed by atoms with E-state index >= 15 is 0 Å².